The lowest BCUT2D eigenvalue weighted by Gasteiger charge is -2.33. The van der Waals surface area contributed by atoms with Crippen LogP contribution in [0.4, 0.5) is 16.4 Å². The van der Waals surface area contributed by atoms with Crippen LogP contribution in [0.2, 0.25) is 0 Å². The van der Waals surface area contributed by atoms with Crippen LogP contribution in [-0.4, -0.2) is 58.6 Å². The summed E-state index contributed by atoms with van der Waals surface area (Å²) in [4.78, 5) is 22.9. The van der Waals surface area contributed by atoms with E-state index in [2.05, 4.69) is 30.6 Å². The first-order valence-corrected chi connectivity index (χ1v) is 8.35. The smallest absolute Gasteiger partial charge is 0.319 e. The predicted molar refractivity (Wildman–Crippen MR) is 93.5 cm³/mol. The second kappa shape index (κ2) is 8.43. The maximum atomic E-state index is 12.2. The van der Waals surface area contributed by atoms with Gasteiger partial charge in [-0.3, -0.25) is 4.68 Å². The molecular weight excluding hydrogens is 322 g/mol. The maximum absolute atomic E-state index is 12.2. The summed E-state index contributed by atoms with van der Waals surface area (Å²) < 4.78 is 6.74. The first kappa shape index (κ1) is 17.2. The van der Waals surface area contributed by atoms with Gasteiger partial charge in [-0.2, -0.15) is 5.10 Å². The number of methoxy groups -OCH3 is 1. The van der Waals surface area contributed by atoms with E-state index in [1.807, 2.05) is 0 Å². The molecule has 9 heteroatoms. The molecule has 1 unspecified atom stereocenters. The molecule has 3 rings (SSSR count). The van der Waals surface area contributed by atoms with Crippen molar-refractivity contribution in [3.05, 3.63) is 30.9 Å². The Kier molecular flexibility index (Phi) is 5.78. The number of nitrogens with one attached hydrogen (secondary N) is 2. The lowest BCUT2D eigenvalue weighted by atomic mass is 10.1. The second-order valence-corrected chi connectivity index (χ2v) is 5.92. The Balaban J connectivity index is 1.49. The van der Waals surface area contributed by atoms with Gasteiger partial charge in [-0.15, -0.1) is 0 Å². The van der Waals surface area contributed by atoms with E-state index in [1.165, 1.54) is 0 Å². The van der Waals surface area contributed by atoms with Crippen LogP contribution in [-0.2, 0) is 11.3 Å². The molecule has 134 valence electrons. The van der Waals surface area contributed by atoms with Gasteiger partial charge in [-0.05, 0) is 18.9 Å². The minimum absolute atomic E-state index is 0.0566. The summed E-state index contributed by atoms with van der Waals surface area (Å²) in [7, 11) is 1.64. The van der Waals surface area contributed by atoms with Crippen LogP contribution in [0.5, 0.6) is 0 Å². The van der Waals surface area contributed by atoms with E-state index in [9.17, 15) is 4.79 Å². The largest absolute Gasteiger partial charge is 0.383 e. The number of hydrogen-bond acceptors (Lipinski definition) is 6. The third-order valence-electron chi connectivity index (χ3n) is 4.01. The monoisotopic (exact) mass is 345 g/mol. The Morgan fingerprint density at radius 1 is 1.40 bits per heavy atom. The molecule has 0 saturated carbocycles. The fraction of sp³-hybridized carbons (Fsp3) is 0.500. The van der Waals surface area contributed by atoms with Crippen molar-refractivity contribution in [3.63, 3.8) is 0 Å². The van der Waals surface area contributed by atoms with E-state index in [0.29, 0.717) is 31.3 Å². The normalized spacial score (nSPS) is 17.3. The number of piperidine rings is 1. The van der Waals surface area contributed by atoms with Gasteiger partial charge in [0.25, 0.3) is 0 Å². The Morgan fingerprint density at radius 2 is 2.24 bits per heavy atom. The SMILES string of the molecule is COCCn1cc(NC(=O)NC2CCCN(c3ncccn3)C2)cn1. The van der Waals surface area contributed by atoms with Gasteiger partial charge in [0.05, 0.1) is 25.0 Å². The van der Waals surface area contributed by atoms with Crippen molar-refractivity contribution in [3.8, 4) is 0 Å². The zero-order valence-electron chi connectivity index (χ0n) is 14.3. The zero-order chi connectivity index (χ0) is 17.5. The van der Waals surface area contributed by atoms with Crippen molar-refractivity contribution in [2.75, 3.05) is 37.0 Å². The van der Waals surface area contributed by atoms with Crippen LogP contribution in [0.25, 0.3) is 0 Å². The molecular formula is C16H23N7O2. The topological polar surface area (TPSA) is 97.2 Å². The Bertz CT molecular complexity index is 676. The van der Waals surface area contributed by atoms with Crippen LogP contribution in [0.1, 0.15) is 12.8 Å². The zero-order valence-corrected chi connectivity index (χ0v) is 14.3. The highest BCUT2D eigenvalue weighted by atomic mass is 16.5. The highest BCUT2D eigenvalue weighted by molar-refractivity contribution is 5.89. The molecule has 0 spiro atoms. The molecule has 0 bridgehead atoms. The Morgan fingerprint density at radius 3 is 3.04 bits per heavy atom. The quantitative estimate of drug-likeness (QED) is 0.814. The number of hydrogen-bond donors (Lipinski definition) is 2. The molecule has 1 aliphatic rings. The summed E-state index contributed by atoms with van der Waals surface area (Å²) in [6, 6.07) is 1.62. The number of amides is 2. The van der Waals surface area contributed by atoms with Gasteiger partial charge in [0.15, 0.2) is 0 Å². The number of urea groups is 1. The molecule has 2 N–H and O–H groups in total. The molecule has 1 aliphatic heterocycles. The average Bonchev–Trinajstić information content (AvgIpc) is 3.08. The maximum Gasteiger partial charge on any atom is 0.319 e. The van der Waals surface area contributed by atoms with Crippen LogP contribution < -0.4 is 15.5 Å². The fourth-order valence-corrected chi connectivity index (χ4v) is 2.82. The van der Waals surface area contributed by atoms with Crippen molar-refractivity contribution >= 4 is 17.7 Å². The van der Waals surface area contributed by atoms with E-state index in [-0.39, 0.29) is 12.1 Å². The number of rotatable bonds is 6. The summed E-state index contributed by atoms with van der Waals surface area (Å²) in [5.41, 5.74) is 0.660. The number of aromatic nitrogens is 4. The summed E-state index contributed by atoms with van der Waals surface area (Å²) in [5.74, 6) is 0.703. The van der Waals surface area contributed by atoms with Gasteiger partial charge in [-0.1, -0.05) is 0 Å². The number of anilines is 2. The van der Waals surface area contributed by atoms with Crippen molar-refractivity contribution in [2.24, 2.45) is 0 Å². The van der Waals surface area contributed by atoms with Crippen molar-refractivity contribution in [1.29, 1.82) is 0 Å². The van der Waals surface area contributed by atoms with Crippen LogP contribution in [0.3, 0.4) is 0 Å². The molecule has 0 radical (unpaired) electrons. The molecule has 0 aliphatic carbocycles. The van der Waals surface area contributed by atoms with Gasteiger partial charge < -0.3 is 20.3 Å². The minimum Gasteiger partial charge on any atom is -0.383 e. The van der Waals surface area contributed by atoms with Crippen molar-refractivity contribution < 1.29 is 9.53 Å². The second-order valence-electron chi connectivity index (χ2n) is 5.92. The molecule has 25 heavy (non-hydrogen) atoms. The lowest BCUT2D eigenvalue weighted by molar-refractivity contribution is 0.183. The van der Waals surface area contributed by atoms with E-state index in [0.717, 1.165) is 19.4 Å². The average molecular weight is 345 g/mol. The number of carbonyl (C=O) groups is 1. The molecule has 9 nitrogen and oxygen atoms in total. The Labute approximate surface area is 146 Å². The number of carbonyl (C=O) groups excluding carboxylic acids is 1. The molecule has 2 amide bonds. The summed E-state index contributed by atoms with van der Waals surface area (Å²) in [6.45, 7) is 2.82. The lowest BCUT2D eigenvalue weighted by Crippen LogP contribution is -2.49. The molecule has 0 aromatic carbocycles. The molecule has 2 aromatic heterocycles. The molecule has 3 heterocycles. The van der Waals surface area contributed by atoms with Gasteiger partial charge in [0.1, 0.15) is 0 Å². The van der Waals surface area contributed by atoms with E-state index in [1.54, 1.807) is 42.6 Å². The van der Waals surface area contributed by atoms with E-state index >= 15 is 0 Å². The highest BCUT2D eigenvalue weighted by Crippen LogP contribution is 2.15. The molecule has 2 aromatic rings. The van der Waals surface area contributed by atoms with E-state index in [4.69, 9.17) is 4.74 Å². The summed E-state index contributed by atoms with van der Waals surface area (Å²) >= 11 is 0. The third kappa shape index (κ3) is 4.90. The minimum atomic E-state index is -0.230. The fourth-order valence-electron chi connectivity index (χ4n) is 2.82. The number of ether oxygens (including phenoxy) is 1. The third-order valence-corrected chi connectivity index (χ3v) is 4.01. The highest BCUT2D eigenvalue weighted by Gasteiger charge is 2.23. The van der Waals surface area contributed by atoms with Gasteiger partial charge in [-0.25, -0.2) is 14.8 Å². The summed E-state index contributed by atoms with van der Waals surface area (Å²) in [6.07, 6.45) is 8.78. The molecule has 1 atom stereocenters. The molecule has 1 saturated heterocycles. The van der Waals surface area contributed by atoms with Crippen molar-refractivity contribution in [1.82, 2.24) is 25.1 Å². The standard InChI is InChI=1S/C16H23N7O2/c1-25-9-8-23-12-14(10-19-23)21-16(24)20-13-4-2-7-22(11-13)15-17-5-3-6-18-15/h3,5-6,10,12-13H,2,4,7-9,11H2,1H3,(H2,20,21,24). The predicted octanol–water partition coefficient (Wildman–Crippen LogP) is 1.11. The van der Waals surface area contributed by atoms with Crippen LogP contribution in [0, 0.1) is 0 Å². The number of nitrogens with zero attached hydrogens (tertiary/aromatic N) is 5. The van der Waals surface area contributed by atoms with Gasteiger partial charge >= 0.3 is 6.03 Å². The van der Waals surface area contributed by atoms with E-state index < -0.39 is 0 Å². The first-order valence-electron chi connectivity index (χ1n) is 8.35. The van der Waals surface area contributed by atoms with Crippen LogP contribution >= 0.6 is 0 Å². The van der Waals surface area contributed by atoms with Gasteiger partial charge in [0, 0.05) is 44.8 Å². The van der Waals surface area contributed by atoms with Crippen molar-refractivity contribution in [2.45, 2.75) is 25.4 Å². The van der Waals surface area contributed by atoms with Gasteiger partial charge in [0.2, 0.25) is 5.95 Å². The summed E-state index contributed by atoms with van der Waals surface area (Å²) in [5, 5.41) is 10.0. The molecule has 1 fully saturated rings. The first-order chi connectivity index (χ1) is 12.2. The Hall–Kier alpha value is -2.68. The van der Waals surface area contributed by atoms with Crippen LogP contribution in [0.15, 0.2) is 30.9 Å².